The van der Waals surface area contributed by atoms with Crippen molar-refractivity contribution in [3.05, 3.63) is 0 Å². The summed E-state index contributed by atoms with van der Waals surface area (Å²) in [7, 11) is 0. The summed E-state index contributed by atoms with van der Waals surface area (Å²) < 4.78 is 42.8. The van der Waals surface area contributed by atoms with Gasteiger partial charge in [-0.1, -0.05) is 6.92 Å². The summed E-state index contributed by atoms with van der Waals surface area (Å²) in [6, 6.07) is 0. The first-order valence-electron chi connectivity index (χ1n) is 11.1. The number of nitrogens with two attached hydrogens (primary N) is 1. The Morgan fingerprint density at radius 3 is 1.00 bits per heavy atom. The minimum atomic E-state index is 0.218. The van der Waals surface area contributed by atoms with E-state index in [1.807, 2.05) is 6.92 Å². The van der Waals surface area contributed by atoms with E-state index in [0.717, 1.165) is 0 Å². The molecule has 0 amide bonds. The highest BCUT2D eigenvalue weighted by Gasteiger charge is 1.98. The van der Waals surface area contributed by atoms with Gasteiger partial charge in [0.2, 0.25) is 0 Å². The third-order valence-corrected chi connectivity index (χ3v) is 3.79. The van der Waals surface area contributed by atoms with Crippen LogP contribution in [0.3, 0.4) is 0 Å². The molecule has 0 aromatic rings. The topological polar surface area (TPSA) is 117 Å². The zero-order chi connectivity index (χ0) is 22.7. The summed E-state index contributed by atoms with van der Waals surface area (Å²) in [6.45, 7) is 10.7. The lowest BCUT2D eigenvalue weighted by atomic mass is 10.2. The van der Waals surface area contributed by atoms with E-state index in [1.165, 1.54) is 0 Å². The van der Waals surface area contributed by atoms with Crippen LogP contribution in [0.25, 0.3) is 0 Å². The molecule has 0 aromatic heterocycles. The average Bonchev–Trinajstić information content (AvgIpc) is 2.78. The second kappa shape index (κ2) is 27.3. The van der Waals surface area contributed by atoms with Gasteiger partial charge in [-0.05, 0) is 0 Å². The molecular formula is C21H43NO9. The molecule has 0 bridgehead atoms. The summed E-state index contributed by atoms with van der Waals surface area (Å²) >= 11 is 0. The maximum absolute atomic E-state index is 11.1. The van der Waals surface area contributed by atoms with Crippen molar-refractivity contribution in [3.63, 3.8) is 0 Å². The number of hydrogen-bond donors (Lipinski definition) is 1. The van der Waals surface area contributed by atoms with Gasteiger partial charge in [0.05, 0.1) is 106 Å². The number of carbonyl (C=O) groups is 1. The maximum Gasteiger partial charge on any atom is 0.134 e. The van der Waals surface area contributed by atoms with E-state index in [-0.39, 0.29) is 5.78 Å². The van der Waals surface area contributed by atoms with E-state index in [1.54, 1.807) is 0 Å². The van der Waals surface area contributed by atoms with Gasteiger partial charge in [-0.2, -0.15) is 0 Å². The van der Waals surface area contributed by atoms with Crippen LogP contribution < -0.4 is 5.73 Å². The van der Waals surface area contributed by atoms with Gasteiger partial charge in [0.15, 0.2) is 0 Å². The Bertz CT molecular complexity index is 362. The van der Waals surface area contributed by atoms with E-state index in [0.29, 0.717) is 125 Å². The number of ether oxygens (including phenoxy) is 8. The van der Waals surface area contributed by atoms with Gasteiger partial charge < -0.3 is 43.6 Å². The molecule has 0 atom stereocenters. The fourth-order valence-corrected chi connectivity index (χ4v) is 2.09. The van der Waals surface area contributed by atoms with Crippen LogP contribution in [-0.2, 0) is 42.7 Å². The molecule has 0 rings (SSSR count). The van der Waals surface area contributed by atoms with Crippen molar-refractivity contribution in [3.8, 4) is 0 Å². The average molecular weight is 454 g/mol. The number of hydrogen-bond acceptors (Lipinski definition) is 10. The minimum absolute atomic E-state index is 0.218. The van der Waals surface area contributed by atoms with Gasteiger partial charge in [-0.3, -0.25) is 4.79 Å². The van der Waals surface area contributed by atoms with Gasteiger partial charge in [0.25, 0.3) is 0 Å². The molecule has 186 valence electrons. The molecule has 0 radical (unpaired) electrons. The third kappa shape index (κ3) is 27.3. The smallest absolute Gasteiger partial charge is 0.134 e. The molecule has 0 unspecified atom stereocenters. The number of ketones is 1. The Labute approximate surface area is 186 Å². The standard InChI is InChI=1S/C21H43NO9/c1-2-21(23)3-5-24-7-9-26-11-13-28-15-17-30-19-20-31-18-16-29-14-12-27-10-8-25-6-4-22/h2-20,22H2,1H3. The van der Waals surface area contributed by atoms with Crippen molar-refractivity contribution >= 4 is 5.78 Å². The van der Waals surface area contributed by atoms with Crippen LogP contribution >= 0.6 is 0 Å². The fourth-order valence-electron chi connectivity index (χ4n) is 2.09. The molecular weight excluding hydrogens is 410 g/mol. The summed E-state index contributed by atoms with van der Waals surface area (Å²) in [5, 5.41) is 0. The van der Waals surface area contributed by atoms with Crippen molar-refractivity contribution in [2.45, 2.75) is 19.8 Å². The van der Waals surface area contributed by atoms with E-state index in [4.69, 9.17) is 43.6 Å². The van der Waals surface area contributed by atoms with Crippen molar-refractivity contribution in [1.29, 1.82) is 0 Å². The Balaban J connectivity index is 3.01. The molecule has 0 heterocycles. The van der Waals surface area contributed by atoms with Crippen LogP contribution in [0, 0.1) is 0 Å². The highest BCUT2D eigenvalue weighted by Crippen LogP contribution is 1.90. The maximum atomic E-state index is 11.1. The predicted octanol–water partition coefficient (Wildman–Crippen LogP) is 0.447. The number of Topliss-reactive ketones (excluding diaryl/α,β-unsaturated/α-hetero) is 1. The molecule has 0 aliphatic rings. The first-order chi connectivity index (χ1) is 15.3. The molecule has 10 heteroatoms. The number of rotatable bonds is 27. The Morgan fingerprint density at radius 2 is 0.742 bits per heavy atom. The molecule has 0 fully saturated rings. The lowest BCUT2D eigenvalue weighted by Crippen LogP contribution is -2.15. The third-order valence-electron chi connectivity index (χ3n) is 3.79. The molecule has 0 saturated carbocycles. The van der Waals surface area contributed by atoms with Gasteiger partial charge in [0, 0.05) is 19.4 Å². The lowest BCUT2D eigenvalue weighted by Gasteiger charge is -2.08. The van der Waals surface area contributed by atoms with Gasteiger partial charge in [0.1, 0.15) is 5.78 Å². The summed E-state index contributed by atoms with van der Waals surface area (Å²) in [6.07, 6.45) is 1.04. The molecule has 2 N–H and O–H groups in total. The monoisotopic (exact) mass is 453 g/mol. The largest absolute Gasteiger partial charge is 0.379 e. The zero-order valence-electron chi connectivity index (χ0n) is 19.2. The van der Waals surface area contributed by atoms with Crippen molar-refractivity contribution in [2.24, 2.45) is 5.73 Å². The van der Waals surface area contributed by atoms with Crippen LogP contribution in [0.5, 0.6) is 0 Å². The van der Waals surface area contributed by atoms with Crippen molar-refractivity contribution in [1.82, 2.24) is 0 Å². The molecule has 0 aromatic carbocycles. The second-order valence-electron chi connectivity index (χ2n) is 6.33. The quantitative estimate of drug-likeness (QED) is 0.176. The predicted molar refractivity (Wildman–Crippen MR) is 116 cm³/mol. The van der Waals surface area contributed by atoms with Gasteiger partial charge >= 0.3 is 0 Å². The molecule has 0 saturated heterocycles. The SMILES string of the molecule is CCC(=O)CCOCCOCCOCCOCCOCCOCCOCCOCCN. The summed E-state index contributed by atoms with van der Waals surface area (Å²) in [4.78, 5) is 11.1. The first-order valence-corrected chi connectivity index (χ1v) is 11.1. The number of carbonyl (C=O) groups excluding carboxylic acids is 1. The molecule has 0 aliphatic heterocycles. The van der Waals surface area contributed by atoms with Gasteiger partial charge in [-0.15, -0.1) is 0 Å². The van der Waals surface area contributed by atoms with Crippen molar-refractivity contribution < 1.29 is 42.7 Å². The second-order valence-corrected chi connectivity index (χ2v) is 6.33. The Morgan fingerprint density at radius 1 is 0.484 bits per heavy atom. The molecule has 10 nitrogen and oxygen atoms in total. The zero-order valence-corrected chi connectivity index (χ0v) is 19.2. The highest BCUT2D eigenvalue weighted by molar-refractivity contribution is 5.78. The van der Waals surface area contributed by atoms with Crippen LogP contribution in [-0.4, -0.2) is 118 Å². The van der Waals surface area contributed by atoms with Crippen LogP contribution in [0.15, 0.2) is 0 Å². The van der Waals surface area contributed by atoms with Crippen LogP contribution in [0.4, 0.5) is 0 Å². The van der Waals surface area contributed by atoms with Gasteiger partial charge in [-0.25, -0.2) is 0 Å². The molecule has 31 heavy (non-hydrogen) atoms. The lowest BCUT2D eigenvalue weighted by molar-refractivity contribution is -0.120. The summed E-state index contributed by atoms with van der Waals surface area (Å²) in [5.41, 5.74) is 5.31. The van der Waals surface area contributed by atoms with E-state index in [2.05, 4.69) is 0 Å². The first kappa shape index (κ1) is 30.3. The molecule has 0 spiro atoms. The highest BCUT2D eigenvalue weighted by atomic mass is 16.6. The Kier molecular flexibility index (Phi) is 26.7. The fraction of sp³-hybridized carbons (Fsp3) is 0.952. The van der Waals surface area contributed by atoms with E-state index < -0.39 is 0 Å². The Hall–Kier alpha value is -0.690. The normalized spacial score (nSPS) is 11.3. The summed E-state index contributed by atoms with van der Waals surface area (Å²) in [5.74, 6) is 0.218. The van der Waals surface area contributed by atoms with E-state index in [9.17, 15) is 4.79 Å². The van der Waals surface area contributed by atoms with Crippen LogP contribution in [0.2, 0.25) is 0 Å². The van der Waals surface area contributed by atoms with Crippen LogP contribution in [0.1, 0.15) is 19.8 Å². The minimum Gasteiger partial charge on any atom is -0.379 e. The molecule has 0 aliphatic carbocycles. The van der Waals surface area contributed by atoms with E-state index >= 15 is 0 Å². The van der Waals surface area contributed by atoms with Crippen molar-refractivity contribution in [2.75, 3.05) is 112 Å².